The Morgan fingerprint density at radius 3 is 2.70 bits per heavy atom. The standard InChI is InChI=1S/C14H9BrClFN2O/c1-20-9-3-4-10(16)12(6-9)19-11-5-2-8(7-18)13(15)14(11)17/h2-6,19H,1H3. The number of nitrogens with zero attached hydrogens (tertiary/aromatic N) is 1. The molecule has 102 valence electrons. The normalized spacial score (nSPS) is 9.95. The molecule has 6 heteroatoms. The van der Waals surface area contributed by atoms with Crippen LogP contribution in [-0.4, -0.2) is 7.11 Å². The van der Waals surface area contributed by atoms with Gasteiger partial charge in [0.1, 0.15) is 11.8 Å². The SMILES string of the molecule is COc1ccc(Cl)c(Nc2ccc(C#N)c(Br)c2F)c1. The van der Waals surface area contributed by atoms with Crippen LogP contribution in [0.3, 0.4) is 0 Å². The summed E-state index contributed by atoms with van der Waals surface area (Å²) in [7, 11) is 1.53. The Hall–Kier alpha value is -1.77. The van der Waals surface area contributed by atoms with Crippen LogP contribution in [0.2, 0.25) is 5.02 Å². The van der Waals surface area contributed by atoms with Gasteiger partial charge in [-0.1, -0.05) is 11.6 Å². The number of nitrogens with one attached hydrogen (secondary N) is 1. The average Bonchev–Trinajstić information content (AvgIpc) is 2.46. The van der Waals surface area contributed by atoms with Crippen molar-refractivity contribution in [3.8, 4) is 11.8 Å². The molecule has 0 saturated heterocycles. The van der Waals surface area contributed by atoms with E-state index in [0.717, 1.165) is 0 Å². The number of rotatable bonds is 3. The highest BCUT2D eigenvalue weighted by Gasteiger charge is 2.12. The predicted octanol–water partition coefficient (Wildman–Crippen LogP) is 4.87. The Balaban J connectivity index is 2.41. The van der Waals surface area contributed by atoms with Gasteiger partial charge in [0.25, 0.3) is 0 Å². The summed E-state index contributed by atoms with van der Waals surface area (Å²) in [6.45, 7) is 0. The van der Waals surface area contributed by atoms with Crippen molar-refractivity contribution in [2.24, 2.45) is 0 Å². The van der Waals surface area contributed by atoms with Gasteiger partial charge in [-0.2, -0.15) is 5.26 Å². The Labute approximate surface area is 129 Å². The number of anilines is 2. The monoisotopic (exact) mass is 354 g/mol. The fourth-order valence-electron chi connectivity index (χ4n) is 1.60. The molecule has 0 aliphatic heterocycles. The molecular formula is C14H9BrClFN2O. The van der Waals surface area contributed by atoms with E-state index >= 15 is 0 Å². The minimum atomic E-state index is -0.553. The summed E-state index contributed by atoms with van der Waals surface area (Å²) in [4.78, 5) is 0. The highest BCUT2D eigenvalue weighted by atomic mass is 79.9. The third kappa shape index (κ3) is 2.87. The largest absolute Gasteiger partial charge is 0.497 e. The van der Waals surface area contributed by atoms with Crippen LogP contribution in [0.1, 0.15) is 5.56 Å². The van der Waals surface area contributed by atoms with Crippen molar-refractivity contribution in [2.45, 2.75) is 0 Å². The fraction of sp³-hybridized carbons (Fsp3) is 0.0714. The zero-order chi connectivity index (χ0) is 14.7. The lowest BCUT2D eigenvalue weighted by molar-refractivity contribution is 0.415. The van der Waals surface area contributed by atoms with E-state index in [1.54, 1.807) is 18.2 Å². The van der Waals surface area contributed by atoms with Crippen molar-refractivity contribution in [3.05, 3.63) is 51.2 Å². The molecule has 0 aliphatic carbocycles. The van der Waals surface area contributed by atoms with Gasteiger partial charge in [-0.25, -0.2) is 4.39 Å². The summed E-state index contributed by atoms with van der Waals surface area (Å²) >= 11 is 9.11. The third-order valence-corrected chi connectivity index (χ3v) is 3.75. The van der Waals surface area contributed by atoms with Gasteiger partial charge in [0.05, 0.1) is 33.5 Å². The minimum absolute atomic E-state index is 0.115. The van der Waals surface area contributed by atoms with E-state index in [2.05, 4.69) is 21.2 Å². The molecule has 0 heterocycles. The van der Waals surface area contributed by atoms with Gasteiger partial charge in [0.2, 0.25) is 0 Å². The first kappa shape index (κ1) is 14.6. The lowest BCUT2D eigenvalue weighted by Gasteiger charge is -2.12. The van der Waals surface area contributed by atoms with E-state index in [4.69, 9.17) is 21.6 Å². The zero-order valence-corrected chi connectivity index (χ0v) is 12.7. The van der Waals surface area contributed by atoms with Gasteiger partial charge >= 0.3 is 0 Å². The molecule has 0 aliphatic rings. The summed E-state index contributed by atoms with van der Waals surface area (Å²) in [5, 5.41) is 12.1. The van der Waals surface area contributed by atoms with Crippen molar-refractivity contribution in [2.75, 3.05) is 12.4 Å². The highest BCUT2D eigenvalue weighted by Crippen LogP contribution is 2.33. The van der Waals surface area contributed by atoms with Gasteiger partial charge in [-0.05, 0) is 40.2 Å². The number of hydrogen-bond donors (Lipinski definition) is 1. The average molecular weight is 356 g/mol. The molecule has 2 aromatic rings. The predicted molar refractivity (Wildman–Crippen MR) is 80.1 cm³/mol. The van der Waals surface area contributed by atoms with Crippen LogP contribution in [0.15, 0.2) is 34.8 Å². The number of ether oxygens (including phenoxy) is 1. The molecule has 2 aromatic carbocycles. The van der Waals surface area contributed by atoms with Gasteiger partial charge in [-0.15, -0.1) is 0 Å². The van der Waals surface area contributed by atoms with E-state index in [1.165, 1.54) is 19.2 Å². The van der Waals surface area contributed by atoms with Crippen molar-refractivity contribution in [3.63, 3.8) is 0 Å². The summed E-state index contributed by atoms with van der Waals surface area (Å²) in [6.07, 6.45) is 0. The highest BCUT2D eigenvalue weighted by molar-refractivity contribution is 9.10. The van der Waals surface area contributed by atoms with Crippen LogP contribution in [0.5, 0.6) is 5.75 Å². The molecule has 0 spiro atoms. The van der Waals surface area contributed by atoms with Gasteiger partial charge < -0.3 is 10.1 Å². The summed E-state index contributed by atoms with van der Waals surface area (Å²) < 4.78 is 19.3. The van der Waals surface area contributed by atoms with Crippen LogP contribution in [0, 0.1) is 17.1 Å². The Kier molecular flexibility index (Phi) is 4.48. The summed E-state index contributed by atoms with van der Waals surface area (Å²) in [5.41, 5.74) is 0.956. The maximum absolute atomic E-state index is 14.1. The van der Waals surface area contributed by atoms with E-state index < -0.39 is 5.82 Å². The van der Waals surface area contributed by atoms with E-state index in [0.29, 0.717) is 16.5 Å². The first-order valence-electron chi connectivity index (χ1n) is 5.55. The Morgan fingerprint density at radius 2 is 2.05 bits per heavy atom. The molecule has 0 aromatic heterocycles. The van der Waals surface area contributed by atoms with Crippen molar-refractivity contribution < 1.29 is 9.13 Å². The topological polar surface area (TPSA) is 45.0 Å². The van der Waals surface area contributed by atoms with E-state index in [-0.39, 0.29) is 15.7 Å². The van der Waals surface area contributed by atoms with Crippen LogP contribution in [0.4, 0.5) is 15.8 Å². The zero-order valence-electron chi connectivity index (χ0n) is 10.4. The van der Waals surface area contributed by atoms with Crippen LogP contribution in [0.25, 0.3) is 0 Å². The van der Waals surface area contributed by atoms with Crippen LogP contribution >= 0.6 is 27.5 Å². The fourth-order valence-corrected chi connectivity index (χ4v) is 2.20. The molecule has 0 unspecified atom stereocenters. The van der Waals surface area contributed by atoms with E-state index in [1.807, 2.05) is 6.07 Å². The summed E-state index contributed by atoms with van der Waals surface area (Å²) in [5.74, 6) is 0.0490. The molecule has 0 saturated carbocycles. The molecule has 1 N–H and O–H groups in total. The molecule has 2 rings (SSSR count). The van der Waals surface area contributed by atoms with E-state index in [9.17, 15) is 4.39 Å². The van der Waals surface area contributed by atoms with Gasteiger partial charge in [-0.3, -0.25) is 0 Å². The quantitative estimate of drug-likeness (QED) is 0.854. The number of halogens is 3. The number of methoxy groups -OCH3 is 1. The first-order valence-corrected chi connectivity index (χ1v) is 6.72. The maximum Gasteiger partial charge on any atom is 0.162 e. The Morgan fingerprint density at radius 1 is 1.30 bits per heavy atom. The minimum Gasteiger partial charge on any atom is -0.497 e. The van der Waals surface area contributed by atoms with Crippen molar-refractivity contribution in [1.82, 2.24) is 0 Å². The maximum atomic E-state index is 14.1. The first-order chi connectivity index (χ1) is 9.56. The van der Waals surface area contributed by atoms with Crippen LogP contribution < -0.4 is 10.1 Å². The third-order valence-electron chi connectivity index (χ3n) is 2.65. The second kappa shape index (κ2) is 6.12. The second-order valence-electron chi connectivity index (χ2n) is 3.87. The lowest BCUT2D eigenvalue weighted by Crippen LogP contribution is -1.97. The molecular weight excluding hydrogens is 347 g/mol. The second-order valence-corrected chi connectivity index (χ2v) is 5.07. The molecule has 20 heavy (non-hydrogen) atoms. The molecule has 0 radical (unpaired) electrons. The molecule has 0 atom stereocenters. The number of benzene rings is 2. The molecule has 0 fully saturated rings. The van der Waals surface area contributed by atoms with Crippen molar-refractivity contribution in [1.29, 1.82) is 5.26 Å². The van der Waals surface area contributed by atoms with Gasteiger partial charge in [0.15, 0.2) is 5.82 Å². The molecule has 0 bridgehead atoms. The van der Waals surface area contributed by atoms with Crippen molar-refractivity contribution >= 4 is 38.9 Å². The summed E-state index contributed by atoms with van der Waals surface area (Å²) in [6, 6.07) is 9.91. The van der Waals surface area contributed by atoms with Gasteiger partial charge in [0, 0.05) is 6.07 Å². The number of nitriles is 1. The molecule has 3 nitrogen and oxygen atoms in total. The molecule has 0 amide bonds. The smallest absolute Gasteiger partial charge is 0.162 e. The number of hydrogen-bond acceptors (Lipinski definition) is 3. The lowest BCUT2D eigenvalue weighted by atomic mass is 10.2. The Bertz CT molecular complexity index is 700. The van der Waals surface area contributed by atoms with Crippen LogP contribution in [-0.2, 0) is 0 Å².